The van der Waals surface area contributed by atoms with E-state index >= 15 is 0 Å². The van der Waals surface area contributed by atoms with Gasteiger partial charge in [0.25, 0.3) is 0 Å². The molecule has 0 spiro atoms. The smallest absolute Gasteiger partial charge is 0.221 e. The summed E-state index contributed by atoms with van der Waals surface area (Å²) in [4.78, 5) is 16.9. The molecule has 0 heterocycles. The molecule has 1 saturated carbocycles. The zero-order valence-corrected chi connectivity index (χ0v) is 20.6. The maximum absolute atomic E-state index is 12.0. The molecule has 0 radical (unpaired) electrons. The van der Waals surface area contributed by atoms with Crippen LogP contribution in [-0.2, 0) is 21.2 Å². The average Bonchev–Trinajstić information content (AvgIpc) is 3.11. The number of guanidine groups is 1. The first-order valence-electron chi connectivity index (χ1n) is 9.90. The molecule has 0 aliphatic heterocycles. The van der Waals surface area contributed by atoms with Crippen molar-refractivity contribution in [3.8, 4) is 0 Å². The molecule has 0 bridgehead atoms. The number of carbonyl (C=O) groups excluding carboxylic acids is 1. The molecule has 2 rings (SSSR count). The van der Waals surface area contributed by atoms with Gasteiger partial charge in [0.2, 0.25) is 5.91 Å². The molecule has 0 aromatic heterocycles. The normalized spacial score (nSPS) is 14.9. The van der Waals surface area contributed by atoms with Crippen LogP contribution in [0.5, 0.6) is 0 Å². The van der Waals surface area contributed by atoms with E-state index in [4.69, 9.17) is 0 Å². The first kappa shape index (κ1) is 25.7. The number of sulfone groups is 1. The third kappa shape index (κ3) is 8.90. The fourth-order valence-electron chi connectivity index (χ4n) is 3.40. The van der Waals surface area contributed by atoms with Gasteiger partial charge in [-0.3, -0.25) is 4.79 Å². The highest BCUT2D eigenvalue weighted by Gasteiger charge is 2.16. The van der Waals surface area contributed by atoms with E-state index in [0.29, 0.717) is 43.0 Å². The summed E-state index contributed by atoms with van der Waals surface area (Å²) in [5, 5.41) is 9.42. The first-order chi connectivity index (χ1) is 13.3. The fraction of sp³-hybridized carbons (Fsp3) is 0.600. The lowest BCUT2D eigenvalue weighted by Crippen LogP contribution is -2.40. The van der Waals surface area contributed by atoms with E-state index in [1.54, 1.807) is 19.1 Å². The van der Waals surface area contributed by atoms with Gasteiger partial charge in [0.1, 0.15) is 0 Å². The van der Waals surface area contributed by atoms with Crippen LogP contribution in [-0.4, -0.2) is 45.7 Å². The Morgan fingerprint density at radius 3 is 2.48 bits per heavy atom. The summed E-state index contributed by atoms with van der Waals surface area (Å²) < 4.78 is 23.4. The van der Waals surface area contributed by atoms with Gasteiger partial charge in [0.15, 0.2) is 15.8 Å². The van der Waals surface area contributed by atoms with E-state index in [2.05, 4.69) is 20.9 Å². The summed E-state index contributed by atoms with van der Waals surface area (Å²) in [6.07, 6.45) is 6.18. The van der Waals surface area contributed by atoms with Crippen LogP contribution in [0.2, 0.25) is 0 Å². The van der Waals surface area contributed by atoms with Crippen molar-refractivity contribution in [3.63, 3.8) is 0 Å². The van der Waals surface area contributed by atoms with Gasteiger partial charge in [0, 0.05) is 31.8 Å². The minimum absolute atomic E-state index is 0. The minimum Gasteiger partial charge on any atom is -0.357 e. The Morgan fingerprint density at radius 2 is 1.90 bits per heavy atom. The van der Waals surface area contributed by atoms with Gasteiger partial charge in [-0.1, -0.05) is 25.0 Å². The number of benzene rings is 1. The number of nitrogens with zero attached hydrogens (tertiary/aromatic N) is 1. The molecule has 164 valence electrons. The second-order valence-corrected chi connectivity index (χ2v) is 9.28. The number of carbonyl (C=O) groups is 1. The van der Waals surface area contributed by atoms with Crippen molar-refractivity contribution in [2.24, 2.45) is 4.99 Å². The summed E-state index contributed by atoms with van der Waals surface area (Å²) in [5.41, 5.74) is 1.65. The van der Waals surface area contributed by atoms with Gasteiger partial charge in [-0.15, -0.1) is 24.0 Å². The maximum Gasteiger partial charge on any atom is 0.221 e. The predicted octanol–water partition coefficient (Wildman–Crippen LogP) is 2.52. The predicted molar refractivity (Wildman–Crippen MR) is 128 cm³/mol. The van der Waals surface area contributed by atoms with Crippen LogP contribution >= 0.6 is 24.0 Å². The Hall–Kier alpha value is -1.36. The van der Waals surface area contributed by atoms with Crippen LogP contribution in [0.15, 0.2) is 28.1 Å². The minimum atomic E-state index is -3.22. The molecule has 29 heavy (non-hydrogen) atoms. The van der Waals surface area contributed by atoms with Crippen molar-refractivity contribution >= 4 is 45.7 Å². The van der Waals surface area contributed by atoms with Crippen LogP contribution in [0.3, 0.4) is 0 Å². The molecular formula is C20H33IN4O3S. The quantitative estimate of drug-likeness (QED) is 0.270. The molecule has 1 amide bonds. The number of nitrogens with one attached hydrogen (secondary N) is 3. The van der Waals surface area contributed by atoms with E-state index in [1.807, 2.05) is 13.0 Å². The number of aliphatic imine (C=N–C) groups is 1. The summed E-state index contributed by atoms with van der Waals surface area (Å²) in [7, 11) is -3.22. The van der Waals surface area contributed by atoms with Gasteiger partial charge in [-0.2, -0.15) is 0 Å². The summed E-state index contributed by atoms with van der Waals surface area (Å²) in [5.74, 6) is 0.711. The molecule has 7 nitrogen and oxygen atoms in total. The zero-order chi connectivity index (χ0) is 20.6. The zero-order valence-electron chi connectivity index (χ0n) is 17.5. The summed E-state index contributed by atoms with van der Waals surface area (Å²) in [6.45, 7) is 5.42. The number of hydrogen-bond acceptors (Lipinski definition) is 4. The van der Waals surface area contributed by atoms with Crippen molar-refractivity contribution in [2.75, 3.05) is 19.3 Å². The van der Waals surface area contributed by atoms with Crippen LogP contribution in [0.1, 0.15) is 50.2 Å². The second-order valence-electron chi connectivity index (χ2n) is 7.29. The van der Waals surface area contributed by atoms with Crippen molar-refractivity contribution in [3.05, 3.63) is 29.3 Å². The third-order valence-electron chi connectivity index (χ3n) is 4.77. The molecule has 0 unspecified atom stereocenters. The fourth-order valence-corrected chi connectivity index (χ4v) is 4.36. The van der Waals surface area contributed by atoms with E-state index in [9.17, 15) is 13.2 Å². The topological polar surface area (TPSA) is 99.7 Å². The number of amides is 1. The van der Waals surface area contributed by atoms with Gasteiger partial charge in [0.05, 0.1) is 11.4 Å². The van der Waals surface area contributed by atoms with E-state index in [-0.39, 0.29) is 29.9 Å². The number of hydrogen-bond donors (Lipinski definition) is 3. The molecule has 1 aromatic carbocycles. The van der Waals surface area contributed by atoms with Crippen molar-refractivity contribution in [1.29, 1.82) is 0 Å². The Labute approximate surface area is 191 Å². The second kappa shape index (κ2) is 12.4. The highest BCUT2D eigenvalue weighted by Crippen LogP contribution is 2.18. The highest BCUT2D eigenvalue weighted by atomic mass is 127. The molecule has 9 heteroatoms. The molecule has 1 aliphatic rings. The lowest BCUT2D eigenvalue weighted by molar-refractivity contribution is -0.121. The number of aryl methyl sites for hydroxylation is 1. The van der Waals surface area contributed by atoms with E-state index < -0.39 is 9.84 Å². The molecule has 1 aromatic rings. The van der Waals surface area contributed by atoms with Crippen LogP contribution < -0.4 is 16.0 Å². The van der Waals surface area contributed by atoms with E-state index in [0.717, 1.165) is 24.0 Å². The first-order valence-corrected chi connectivity index (χ1v) is 11.8. The van der Waals surface area contributed by atoms with Crippen molar-refractivity contribution < 1.29 is 13.2 Å². The Balaban J connectivity index is 0.00000420. The molecule has 0 saturated heterocycles. The van der Waals surface area contributed by atoms with Crippen molar-refractivity contribution in [1.82, 2.24) is 16.0 Å². The van der Waals surface area contributed by atoms with Gasteiger partial charge in [-0.05, 0) is 43.9 Å². The SMILES string of the molecule is CCNC(=NCc1ccc(S(C)(=O)=O)c(C)c1)NCCC(=O)NC1CCCC1.I. The number of rotatable bonds is 8. The van der Waals surface area contributed by atoms with Crippen LogP contribution in [0, 0.1) is 6.92 Å². The van der Waals surface area contributed by atoms with Gasteiger partial charge < -0.3 is 16.0 Å². The largest absolute Gasteiger partial charge is 0.357 e. The standard InChI is InChI=1S/C20H32N4O3S.HI/c1-4-21-20(22-12-11-19(25)24-17-7-5-6-8-17)23-14-16-9-10-18(15(2)13-16)28(3,26)27;/h9-10,13,17H,4-8,11-12,14H2,1-3H3,(H,24,25)(H2,21,22,23);1H. The lowest BCUT2D eigenvalue weighted by Gasteiger charge is -2.14. The molecule has 3 N–H and O–H groups in total. The van der Waals surface area contributed by atoms with Gasteiger partial charge in [-0.25, -0.2) is 13.4 Å². The Kier molecular flexibility index (Phi) is 10.9. The Morgan fingerprint density at radius 1 is 1.21 bits per heavy atom. The van der Waals surface area contributed by atoms with Crippen molar-refractivity contribution in [2.45, 2.75) is 63.4 Å². The van der Waals surface area contributed by atoms with Crippen LogP contribution in [0.4, 0.5) is 0 Å². The molecular weight excluding hydrogens is 503 g/mol. The molecule has 1 fully saturated rings. The van der Waals surface area contributed by atoms with E-state index in [1.165, 1.54) is 19.1 Å². The molecule has 0 atom stereocenters. The monoisotopic (exact) mass is 536 g/mol. The van der Waals surface area contributed by atoms with Gasteiger partial charge >= 0.3 is 0 Å². The number of halogens is 1. The lowest BCUT2D eigenvalue weighted by atomic mass is 10.1. The summed E-state index contributed by atoms with van der Waals surface area (Å²) >= 11 is 0. The third-order valence-corrected chi connectivity index (χ3v) is 6.02. The molecule has 1 aliphatic carbocycles. The summed E-state index contributed by atoms with van der Waals surface area (Å²) in [6, 6.07) is 5.60. The maximum atomic E-state index is 12.0. The Bertz CT molecular complexity index is 806. The van der Waals surface area contributed by atoms with Crippen LogP contribution in [0.25, 0.3) is 0 Å². The average molecular weight is 536 g/mol. The highest BCUT2D eigenvalue weighted by molar-refractivity contribution is 14.0.